The minimum atomic E-state index is -3.36. The number of ether oxygens (including phenoxy) is 2. The first kappa shape index (κ1) is 19.3. The number of nitrogens with zero attached hydrogens (tertiary/aromatic N) is 1. The van der Waals surface area contributed by atoms with Crippen LogP contribution in [-0.4, -0.2) is 40.3 Å². The lowest BCUT2D eigenvalue weighted by Gasteiger charge is -2.28. The third-order valence-corrected chi connectivity index (χ3v) is 5.80. The van der Waals surface area contributed by atoms with E-state index >= 15 is 0 Å². The van der Waals surface area contributed by atoms with Crippen LogP contribution >= 0.6 is 11.6 Å². The van der Waals surface area contributed by atoms with Crippen LogP contribution in [-0.2, 0) is 9.84 Å². The molecule has 0 saturated carbocycles. The maximum absolute atomic E-state index is 13.4. The van der Waals surface area contributed by atoms with Gasteiger partial charge >= 0.3 is 0 Å². The number of sulfone groups is 1. The van der Waals surface area contributed by atoms with Gasteiger partial charge in [-0.25, -0.2) is 8.42 Å². The van der Waals surface area contributed by atoms with E-state index in [4.69, 9.17) is 21.1 Å². The summed E-state index contributed by atoms with van der Waals surface area (Å²) in [7, 11) is -0.389. The molecule has 1 aliphatic heterocycles. The molecule has 0 N–H and O–H groups in total. The second kappa shape index (κ2) is 7.62. The minimum Gasteiger partial charge on any atom is -0.497 e. The summed E-state index contributed by atoms with van der Waals surface area (Å²) in [5.74, 6) is 0.282. The molecule has 0 bridgehead atoms. The van der Waals surface area contributed by atoms with Gasteiger partial charge in [-0.05, 0) is 36.4 Å². The molecule has 8 heteroatoms. The molecule has 0 aromatic heterocycles. The van der Waals surface area contributed by atoms with Crippen molar-refractivity contribution in [2.75, 3.05) is 24.9 Å². The first-order valence-corrected chi connectivity index (χ1v) is 10.2. The van der Waals surface area contributed by atoms with Crippen molar-refractivity contribution in [1.82, 2.24) is 0 Å². The molecule has 0 aliphatic carbocycles. The number of hydrogen-bond acceptors (Lipinski definition) is 5. The van der Waals surface area contributed by atoms with Gasteiger partial charge < -0.3 is 14.4 Å². The number of carbonyl (C=O) groups excluding carboxylic acids is 1. The van der Waals surface area contributed by atoms with E-state index in [9.17, 15) is 13.2 Å². The summed E-state index contributed by atoms with van der Waals surface area (Å²) < 4.78 is 34.3. The van der Waals surface area contributed by atoms with Crippen molar-refractivity contribution in [3.63, 3.8) is 0 Å². The van der Waals surface area contributed by atoms with Crippen LogP contribution in [0.2, 0.25) is 5.02 Å². The van der Waals surface area contributed by atoms with Gasteiger partial charge in [0.1, 0.15) is 11.5 Å². The van der Waals surface area contributed by atoms with E-state index in [1.807, 2.05) is 0 Å². The Kier molecular flexibility index (Phi) is 5.43. The van der Waals surface area contributed by atoms with Crippen LogP contribution in [0, 0.1) is 0 Å². The van der Waals surface area contributed by atoms with E-state index in [0.29, 0.717) is 22.2 Å². The van der Waals surface area contributed by atoms with Crippen LogP contribution in [0.3, 0.4) is 0 Å². The van der Waals surface area contributed by atoms with Gasteiger partial charge in [0.25, 0.3) is 5.91 Å². The molecule has 1 heterocycles. The van der Waals surface area contributed by atoms with E-state index in [0.717, 1.165) is 5.41 Å². The topological polar surface area (TPSA) is 72.9 Å². The molecule has 1 aliphatic rings. The van der Waals surface area contributed by atoms with Crippen LogP contribution in [0.4, 0.5) is 5.69 Å². The number of carbonyl (C=O) groups is 1. The number of amides is 1. The van der Waals surface area contributed by atoms with E-state index < -0.39 is 21.8 Å². The van der Waals surface area contributed by atoms with Crippen molar-refractivity contribution >= 4 is 33.0 Å². The molecule has 1 atom stereocenters. The molecule has 0 saturated heterocycles. The highest BCUT2D eigenvalue weighted by Gasteiger charge is 2.33. The Morgan fingerprint density at radius 1 is 1.15 bits per heavy atom. The zero-order valence-corrected chi connectivity index (χ0v) is 16.3. The Morgan fingerprint density at radius 2 is 1.93 bits per heavy atom. The zero-order chi connectivity index (χ0) is 19.6. The summed E-state index contributed by atoms with van der Waals surface area (Å²) in [6, 6.07) is 10.9. The SMILES string of the molecule is COc1ccc(C(=O)N(c2cccc(Cl)c2)[C@H]2C=CS(=O)(=O)C2)c(OC)c1. The van der Waals surface area contributed by atoms with Crippen LogP contribution < -0.4 is 14.4 Å². The standard InChI is InChI=1S/C19H18ClNO5S/c1-25-16-6-7-17(18(11-16)26-2)19(22)21(14-5-3-4-13(20)10-14)15-8-9-27(23,24)12-15/h3-11,15H,12H2,1-2H3/t15-/m0/s1. The molecular formula is C19H18ClNO5S. The Bertz CT molecular complexity index is 1000. The van der Waals surface area contributed by atoms with E-state index in [2.05, 4.69) is 0 Å². The average Bonchev–Trinajstić information content (AvgIpc) is 3.00. The van der Waals surface area contributed by atoms with Crippen molar-refractivity contribution in [2.45, 2.75) is 6.04 Å². The molecule has 142 valence electrons. The smallest absolute Gasteiger partial charge is 0.262 e. The maximum Gasteiger partial charge on any atom is 0.262 e. The predicted octanol–water partition coefficient (Wildman–Crippen LogP) is 3.31. The summed E-state index contributed by atoms with van der Waals surface area (Å²) in [6.45, 7) is 0. The number of benzene rings is 2. The molecule has 0 radical (unpaired) electrons. The molecule has 0 spiro atoms. The van der Waals surface area contributed by atoms with Crippen LogP contribution in [0.25, 0.3) is 0 Å². The highest BCUT2D eigenvalue weighted by molar-refractivity contribution is 7.94. The van der Waals surface area contributed by atoms with Gasteiger partial charge in [0.15, 0.2) is 9.84 Å². The number of anilines is 1. The highest BCUT2D eigenvalue weighted by atomic mass is 35.5. The van der Waals surface area contributed by atoms with Crippen LogP contribution in [0.1, 0.15) is 10.4 Å². The van der Waals surface area contributed by atoms with Gasteiger partial charge in [-0.3, -0.25) is 4.79 Å². The Morgan fingerprint density at radius 3 is 2.52 bits per heavy atom. The van der Waals surface area contributed by atoms with E-state index in [1.54, 1.807) is 42.5 Å². The maximum atomic E-state index is 13.4. The summed E-state index contributed by atoms with van der Waals surface area (Å²) in [6.07, 6.45) is 1.50. The van der Waals surface area contributed by atoms with Gasteiger partial charge in [-0.1, -0.05) is 17.7 Å². The highest BCUT2D eigenvalue weighted by Crippen LogP contribution is 2.31. The average molecular weight is 408 g/mol. The third-order valence-electron chi connectivity index (χ3n) is 4.19. The number of methoxy groups -OCH3 is 2. The molecule has 6 nitrogen and oxygen atoms in total. The van der Waals surface area contributed by atoms with Gasteiger partial charge in [0, 0.05) is 22.2 Å². The molecule has 2 aromatic carbocycles. The molecule has 1 amide bonds. The largest absolute Gasteiger partial charge is 0.497 e. The first-order valence-electron chi connectivity index (χ1n) is 8.07. The molecule has 0 unspecified atom stereocenters. The Labute approximate surface area is 162 Å². The monoisotopic (exact) mass is 407 g/mol. The third kappa shape index (κ3) is 4.09. The number of rotatable bonds is 5. The number of halogens is 1. The fraction of sp³-hybridized carbons (Fsp3) is 0.211. The van der Waals surface area contributed by atoms with E-state index in [1.165, 1.54) is 25.2 Å². The van der Waals surface area contributed by atoms with Crippen molar-refractivity contribution in [2.24, 2.45) is 0 Å². The zero-order valence-electron chi connectivity index (χ0n) is 14.8. The normalized spacial score (nSPS) is 17.5. The second-order valence-corrected chi connectivity index (χ2v) is 8.31. The van der Waals surface area contributed by atoms with Gasteiger partial charge in [-0.15, -0.1) is 0 Å². The molecule has 3 rings (SSSR count). The summed E-state index contributed by atoms with van der Waals surface area (Å²) in [5, 5.41) is 1.57. The summed E-state index contributed by atoms with van der Waals surface area (Å²) in [4.78, 5) is 14.8. The lowest BCUT2D eigenvalue weighted by molar-refractivity contribution is 0.0980. The quantitative estimate of drug-likeness (QED) is 0.760. The minimum absolute atomic E-state index is 0.191. The molecule has 27 heavy (non-hydrogen) atoms. The summed E-state index contributed by atoms with van der Waals surface area (Å²) in [5.41, 5.74) is 0.785. The van der Waals surface area contributed by atoms with Crippen molar-refractivity contribution in [1.29, 1.82) is 0 Å². The fourth-order valence-electron chi connectivity index (χ4n) is 2.91. The van der Waals surface area contributed by atoms with Crippen LogP contribution in [0.15, 0.2) is 53.9 Å². The molecule has 2 aromatic rings. The Hall–Kier alpha value is -2.51. The van der Waals surface area contributed by atoms with Gasteiger partial charge in [0.05, 0.1) is 31.6 Å². The van der Waals surface area contributed by atoms with Gasteiger partial charge in [-0.2, -0.15) is 0 Å². The fourth-order valence-corrected chi connectivity index (χ4v) is 4.36. The van der Waals surface area contributed by atoms with Crippen molar-refractivity contribution < 1.29 is 22.7 Å². The lowest BCUT2D eigenvalue weighted by Crippen LogP contribution is -2.41. The Balaban J connectivity index is 2.08. The second-order valence-electron chi connectivity index (χ2n) is 5.95. The van der Waals surface area contributed by atoms with Crippen molar-refractivity contribution in [3.8, 4) is 11.5 Å². The molecular weight excluding hydrogens is 390 g/mol. The number of hydrogen-bond donors (Lipinski definition) is 0. The first-order chi connectivity index (χ1) is 12.8. The van der Waals surface area contributed by atoms with Crippen LogP contribution in [0.5, 0.6) is 11.5 Å². The lowest BCUT2D eigenvalue weighted by atomic mass is 10.1. The summed E-state index contributed by atoms with van der Waals surface area (Å²) >= 11 is 6.09. The van der Waals surface area contributed by atoms with E-state index in [-0.39, 0.29) is 11.3 Å². The predicted molar refractivity (Wildman–Crippen MR) is 105 cm³/mol. The molecule has 0 fully saturated rings. The van der Waals surface area contributed by atoms with Crippen molar-refractivity contribution in [3.05, 3.63) is 64.5 Å². The van der Waals surface area contributed by atoms with Gasteiger partial charge in [0.2, 0.25) is 0 Å².